The molecule has 3 nitrogen and oxygen atoms in total. The van der Waals surface area contributed by atoms with Gasteiger partial charge in [0.25, 0.3) is 0 Å². The first-order valence-corrected chi connectivity index (χ1v) is 4.22. The fourth-order valence-electron chi connectivity index (χ4n) is 1.29. The number of carbonyl (C=O) groups excluding carboxylic acids is 2. The Bertz CT molecular complexity index is 380. The number of hydrogen-bond acceptors (Lipinski definition) is 3. The summed E-state index contributed by atoms with van der Waals surface area (Å²) in [7, 11) is 0. The maximum Gasteiger partial charge on any atom is 0.308 e. The van der Waals surface area contributed by atoms with Crippen molar-refractivity contribution in [2.75, 3.05) is 0 Å². The lowest BCUT2D eigenvalue weighted by Gasteiger charge is -2.07. The van der Waals surface area contributed by atoms with Crippen LogP contribution in [0.4, 0.5) is 0 Å². The summed E-state index contributed by atoms with van der Waals surface area (Å²) in [6.45, 7) is 4.95. The van der Waals surface area contributed by atoms with E-state index in [9.17, 15) is 9.59 Å². The fraction of sp³-hybridized carbons (Fsp3) is 0.273. The molecule has 0 atom stereocenters. The van der Waals surface area contributed by atoms with Gasteiger partial charge in [0.15, 0.2) is 0 Å². The normalized spacial score (nSPS) is 9.64. The Balaban J connectivity index is 3.24. The van der Waals surface area contributed by atoms with Crippen LogP contribution in [0.3, 0.4) is 0 Å². The van der Waals surface area contributed by atoms with Crippen molar-refractivity contribution < 1.29 is 14.3 Å². The van der Waals surface area contributed by atoms with Gasteiger partial charge in [0.1, 0.15) is 5.75 Å². The fourth-order valence-corrected chi connectivity index (χ4v) is 1.29. The molecule has 1 aromatic carbocycles. The number of benzene rings is 1. The SMILES string of the molecule is CC(=O)Oc1cc(C)cc(C)c1[C]=O. The van der Waals surface area contributed by atoms with Crippen molar-refractivity contribution in [3.8, 4) is 5.75 Å². The predicted molar refractivity (Wildman–Crippen MR) is 52.0 cm³/mol. The van der Waals surface area contributed by atoms with Gasteiger partial charge in [-0.1, -0.05) is 6.07 Å². The van der Waals surface area contributed by atoms with E-state index < -0.39 is 5.97 Å². The highest BCUT2D eigenvalue weighted by atomic mass is 16.5. The minimum absolute atomic E-state index is 0.282. The smallest absolute Gasteiger partial charge is 0.308 e. The van der Waals surface area contributed by atoms with E-state index in [2.05, 4.69) is 0 Å². The van der Waals surface area contributed by atoms with E-state index in [1.165, 1.54) is 6.92 Å². The first-order chi connectivity index (χ1) is 6.54. The molecule has 1 aromatic rings. The Labute approximate surface area is 82.7 Å². The van der Waals surface area contributed by atoms with Gasteiger partial charge in [0, 0.05) is 6.92 Å². The van der Waals surface area contributed by atoms with Gasteiger partial charge in [-0.05, 0) is 31.0 Å². The highest BCUT2D eigenvalue weighted by Gasteiger charge is 2.09. The third-order valence-electron chi connectivity index (χ3n) is 1.80. The molecule has 0 unspecified atom stereocenters. The van der Waals surface area contributed by atoms with E-state index in [0.29, 0.717) is 5.56 Å². The van der Waals surface area contributed by atoms with Gasteiger partial charge in [-0.2, -0.15) is 0 Å². The summed E-state index contributed by atoms with van der Waals surface area (Å²) >= 11 is 0. The molecule has 0 saturated heterocycles. The van der Waals surface area contributed by atoms with E-state index >= 15 is 0 Å². The van der Waals surface area contributed by atoms with Gasteiger partial charge in [0.2, 0.25) is 6.29 Å². The first-order valence-electron chi connectivity index (χ1n) is 4.22. The quantitative estimate of drug-likeness (QED) is 0.527. The molecular weight excluding hydrogens is 180 g/mol. The van der Waals surface area contributed by atoms with Crippen molar-refractivity contribution in [3.05, 3.63) is 28.8 Å². The average molecular weight is 191 g/mol. The van der Waals surface area contributed by atoms with Crippen LogP contribution >= 0.6 is 0 Å². The zero-order chi connectivity index (χ0) is 10.7. The van der Waals surface area contributed by atoms with Crippen LogP contribution in [0.5, 0.6) is 5.75 Å². The summed E-state index contributed by atoms with van der Waals surface area (Å²) in [6.07, 6.45) is 1.77. The second-order valence-corrected chi connectivity index (χ2v) is 3.15. The van der Waals surface area contributed by atoms with Crippen molar-refractivity contribution in [1.82, 2.24) is 0 Å². The summed E-state index contributed by atoms with van der Waals surface area (Å²) < 4.78 is 4.90. The van der Waals surface area contributed by atoms with Crippen molar-refractivity contribution >= 4 is 12.3 Å². The maximum absolute atomic E-state index is 10.8. The van der Waals surface area contributed by atoms with Crippen LogP contribution in [0, 0.1) is 13.8 Å². The largest absolute Gasteiger partial charge is 0.426 e. The Kier molecular flexibility index (Phi) is 3.02. The Hall–Kier alpha value is -1.64. The molecule has 1 radical (unpaired) electrons. The highest BCUT2D eigenvalue weighted by molar-refractivity contribution is 5.84. The number of ether oxygens (including phenoxy) is 1. The summed E-state index contributed by atoms with van der Waals surface area (Å²) in [5, 5.41) is 0. The van der Waals surface area contributed by atoms with Gasteiger partial charge < -0.3 is 4.74 Å². The molecule has 0 aliphatic heterocycles. The van der Waals surface area contributed by atoms with Crippen LogP contribution in [0.2, 0.25) is 0 Å². The molecule has 0 heterocycles. The Morgan fingerprint density at radius 3 is 2.50 bits per heavy atom. The molecule has 0 amide bonds. The van der Waals surface area contributed by atoms with E-state index in [1.54, 1.807) is 19.3 Å². The van der Waals surface area contributed by atoms with Crippen LogP contribution in [0.15, 0.2) is 12.1 Å². The lowest BCUT2D eigenvalue weighted by molar-refractivity contribution is -0.131. The van der Waals surface area contributed by atoms with Crippen molar-refractivity contribution in [2.45, 2.75) is 20.8 Å². The number of esters is 1. The van der Waals surface area contributed by atoms with Crippen LogP contribution in [0.25, 0.3) is 0 Å². The zero-order valence-electron chi connectivity index (χ0n) is 8.38. The number of hydrogen-bond donors (Lipinski definition) is 0. The molecule has 73 valence electrons. The molecular formula is C11H11O3. The van der Waals surface area contributed by atoms with E-state index in [4.69, 9.17) is 4.74 Å². The Morgan fingerprint density at radius 1 is 1.36 bits per heavy atom. The van der Waals surface area contributed by atoms with Crippen LogP contribution < -0.4 is 4.74 Å². The number of rotatable bonds is 2. The molecule has 0 fully saturated rings. The predicted octanol–water partition coefficient (Wildman–Crippen LogP) is 1.69. The zero-order valence-corrected chi connectivity index (χ0v) is 8.38. The van der Waals surface area contributed by atoms with Crippen LogP contribution in [-0.4, -0.2) is 12.3 Å². The van der Waals surface area contributed by atoms with Gasteiger partial charge in [-0.25, -0.2) is 0 Å². The molecule has 0 aliphatic carbocycles. The van der Waals surface area contributed by atoms with E-state index in [0.717, 1.165) is 11.1 Å². The lowest BCUT2D eigenvalue weighted by Crippen LogP contribution is -2.05. The van der Waals surface area contributed by atoms with Gasteiger partial charge in [-0.3, -0.25) is 9.59 Å². The summed E-state index contributed by atoms with van der Waals surface area (Å²) in [4.78, 5) is 21.4. The molecule has 0 aliphatic rings. The minimum Gasteiger partial charge on any atom is -0.426 e. The standard InChI is InChI=1S/C11H11O3/c1-7-4-8(2)10(6-12)11(5-7)14-9(3)13/h4-5H,1-3H3. The van der Waals surface area contributed by atoms with Crippen molar-refractivity contribution in [3.63, 3.8) is 0 Å². The minimum atomic E-state index is -0.438. The van der Waals surface area contributed by atoms with E-state index in [-0.39, 0.29) is 5.75 Å². The monoisotopic (exact) mass is 191 g/mol. The van der Waals surface area contributed by atoms with E-state index in [1.807, 2.05) is 13.0 Å². The average Bonchev–Trinajstić information content (AvgIpc) is 2.01. The molecule has 0 saturated carbocycles. The topological polar surface area (TPSA) is 43.4 Å². The molecule has 14 heavy (non-hydrogen) atoms. The van der Waals surface area contributed by atoms with Crippen LogP contribution in [0.1, 0.15) is 23.6 Å². The summed E-state index contributed by atoms with van der Waals surface area (Å²) in [5.74, 6) is -0.156. The lowest BCUT2D eigenvalue weighted by atomic mass is 10.1. The maximum atomic E-state index is 10.8. The van der Waals surface area contributed by atoms with Gasteiger partial charge in [-0.15, -0.1) is 0 Å². The second-order valence-electron chi connectivity index (χ2n) is 3.15. The van der Waals surface area contributed by atoms with Gasteiger partial charge in [0.05, 0.1) is 5.56 Å². The number of carbonyl (C=O) groups is 1. The van der Waals surface area contributed by atoms with Crippen molar-refractivity contribution in [1.29, 1.82) is 0 Å². The third-order valence-corrected chi connectivity index (χ3v) is 1.80. The molecule has 0 bridgehead atoms. The molecule has 1 rings (SSSR count). The van der Waals surface area contributed by atoms with Crippen molar-refractivity contribution in [2.24, 2.45) is 0 Å². The van der Waals surface area contributed by atoms with Crippen LogP contribution in [-0.2, 0) is 9.59 Å². The molecule has 0 spiro atoms. The molecule has 0 aromatic heterocycles. The molecule has 3 heteroatoms. The second kappa shape index (κ2) is 4.05. The Morgan fingerprint density at radius 2 is 2.00 bits per heavy atom. The van der Waals surface area contributed by atoms with Gasteiger partial charge >= 0.3 is 5.97 Å². The molecule has 0 N–H and O–H groups in total. The third kappa shape index (κ3) is 2.19. The summed E-state index contributed by atoms with van der Waals surface area (Å²) in [6, 6.07) is 3.49. The summed E-state index contributed by atoms with van der Waals surface area (Å²) in [5.41, 5.74) is 2.01. The number of aryl methyl sites for hydroxylation is 2. The first kappa shape index (κ1) is 10.4. The highest BCUT2D eigenvalue weighted by Crippen LogP contribution is 2.22.